The van der Waals surface area contributed by atoms with Crippen LogP contribution in [-0.4, -0.2) is 20.0 Å². The summed E-state index contributed by atoms with van der Waals surface area (Å²) in [6.45, 7) is 0.733. The van der Waals surface area contributed by atoms with Gasteiger partial charge in [0, 0.05) is 5.56 Å². The van der Waals surface area contributed by atoms with Gasteiger partial charge in [-0.2, -0.15) is 0 Å². The molecule has 0 fully saturated rings. The Bertz CT molecular complexity index is 1080. The molecule has 0 bridgehead atoms. The van der Waals surface area contributed by atoms with Crippen LogP contribution in [0.1, 0.15) is 27.0 Å². The highest BCUT2D eigenvalue weighted by Gasteiger charge is 2.18. The Balaban J connectivity index is 1.55. The summed E-state index contributed by atoms with van der Waals surface area (Å²) in [6, 6.07) is 19.1. The highest BCUT2D eigenvalue weighted by Crippen LogP contribution is 2.34. The Morgan fingerprint density at radius 1 is 0.742 bits per heavy atom. The van der Waals surface area contributed by atoms with E-state index < -0.39 is 0 Å². The van der Waals surface area contributed by atoms with Crippen molar-refractivity contribution >= 4 is 5.78 Å². The second kappa shape index (κ2) is 9.39. The quantitative estimate of drug-likeness (QED) is 0.508. The maximum absolute atomic E-state index is 12.3. The van der Waals surface area contributed by atoms with Crippen LogP contribution in [0.25, 0.3) is 0 Å². The molecular formula is C26H24O5. The van der Waals surface area contributed by atoms with Crippen molar-refractivity contribution in [3.8, 4) is 23.0 Å². The van der Waals surface area contributed by atoms with E-state index in [1.807, 2.05) is 60.7 Å². The first-order valence-corrected chi connectivity index (χ1v) is 10.1. The lowest BCUT2D eigenvalue weighted by Gasteiger charge is -2.18. The topological polar surface area (TPSA) is 54.0 Å². The number of rotatable bonds is 8. The van der Waals surface area contributed by atoms with Gasteiger partial charge < -0.3 is 18.9 Å². The van der Waals surface area contributed by atoms with Gasteiger partial charge in [-0.15, -0.1) is 0 Å². The van der Waals surface area contributed by atoms with E-state index in [2.05, 4.69) is 0 Å². The van der Waals surface area contributed by atoms with Crippen molar-refractivity contribution in [3.63, 3.8) is 0 Å². The van der Waals surface area contributed by atoms with Crippen LogP contribution in [0.15, 0.2) is 72.8 Å². The van der Waals surface area contributed by atoms with Gasteiger partial charge in [0.05, 0.1) is 14.2 Å². The molecule has 1 aliphatic carbocycles. The van der Waals surface area contributed by atoms with Gasteiger partial charge in [0.25, 0.3) is 0 Å². The molecule has 0 heterocycles. The third-order valence-corrected chi connectivity index (χ3v) is 5.15. The van der Waals surface area contributed by atoms with E-state index in [0.717, 1.165) is 28.2 Å². The van der Waals surface area contributed by atoms with Gasteiger partial charge >= 0.3 is 0 Å². The van der Waals surface area contributed by atoms with Gasteiger partial charge in [0.2, 0.25) is 0 Å². The number of hydrogen-bond acceptors (Lipinski definition) is 5. The van der Waals surface area contributed by atoms with E-state index in [0.29, 0.717) is 36.7 Å². The van der Waals surface area contributed by atoms with Gasteiger partial charge in [-0.3, -0.25) is 4.79 Å². The average Bonchev–Trinajstić information content (AvgIpc) is 2.82. The fraction of sp³-hybridized carbons (Fsp3) is 0.192. The predicted molar refractivity (Wildman–Crippen MR) is 118 cm³/mol. The zero-order valence-electron chi connectivity index (χ0n) is 17.6. The first-order valence-electron chi connectivity index (χ1n) is 10.1. The zero-order valence-corrected chi connectivity index (χ0v) is 17.6. The molecule has 4 rings (SSSR count). The Labute approximate surface area is 181 Å². The van der Waals surface area contributed by atoms with Gasteiger partial charge in [-0.1, -0.05) is 30.3 Å². The number of ether oxygens (including phenoxy) is 4. The summed E-state index contributed by atoms with van der Waals surface area (Å²) in [4.78, 5) is 12.3. The number of allylic oxidation sites excluding steroid dienone is 2. The molecule has 0 aliphatic heterocycles. The average molecular weight is 416 g/mol. The summed E-state index contributed by atoms with van der Waals surface area (Å²) >= 11 is 0. The van der Waals surface area contributed by atoms with Crippen molar-refractivity contribution in [3.05, 3.63) is 95.1 Å². The molecule has 3 aromatic rings. The molecule has 1 aliphatic rings. The summed E-state index contributed by atoms with van der Waals surface area (Å²) in [7, 11) is 3.28. The number of benzene rings is 3. The SMILES string of the molecule is COc1ccc(COc2cc3c(cc2OCc2ccc(OC)cc2)C(=O)C=CC3)cc1. The van der Waals surface area contributed by atoms with Crippen LogP contribution in [0, 0.1) is 0 Å². The molecule has 0 N–H and O–H groups in total. The predicted octanol–water partition coefficient (Wildman–Crippen LogP) is 5.16. The molecule has 0 radical (unpaired) electrons. The zero-order chi connectivity index (χ0) is 21.6. The summed E-state index contributed by atoms with van der Waals surface area (Å²) in [6.07, 6.45) is 4.17. The van der Waals surface area contributed by atoms with Crippen molar-refractivity contribution in [1.82, 2.24) is 0 Å². The summed E-state index contributed by atoms with van der Waals surface area (Å²) in [5, 5.41) is 0. The van der Waals surface area contributed by atoms with Crippen LogP contribution in [0.5, 0.6) is 23.0 Å². The molecule has 3 aromatic carbocycles. The second-order valence-electron chi connectivity index (χ2n) is 7.20. The summed E-state index contributed by atoms with van der Waals surface area (Å²) in [5.41, 5.74) is 3.60. The van der Waals surface area contributed by atoms with Crippen molar-refractivity contribution in [2.45, 2.75) is 19.6 Å². The van der Waals surface area contributed by atoms with Crippen LogP contribution in [-0.2, 0) is 19.6 Å². The first-order chi connectivity index (χ1) is 15.2. The molecule has 5 heteroatoms. The lowest BCUT2D eigenvalue weighted by atomic mass is 9.95. The third-order valence-electron chi connectivity index (χ3n) is 5.15. The van der Waals surface area contributed by atoms with E-state index in [9.17, 15) is 4.79 Å². The monoisotopic (exact) mass is 416 g/mol. The number of carbonyl (C=O) groups is 1. The Morgan fingerprint density at radius 3 is 1.77 bits per heavy atom. The smallest absolute Gasteiger partial charge is 0.185 e. The molecule has 0 saturated heterocycles. The Kier molecular flexibility index (Phi) is 6.22. The molecular weight excluding hydrogens is 392 g/mol. The largest absolute Gasteiger partial charge is 0.497 e. The number of methoxy groups -OCH3 is 2. The summed E-state index contributed by atoms with van der Waals surface area (Å²) < 4.78 is 22.6. The van der Waals surface area contributed by atoms with E-state index in [1.165, 1.54) is 0 Å². The lowest BCUT2D eigenvalue weighted by Crippen LogP contribution is -2.08. The fourth-order valence-corrected chi connectivity index (χ4v) is 3.37. The molecule has 0 unspecified atom stereocenters. The van der Waals surface area contributed by atoms with Gasteiger partial charge in [-0.25, -0.2) is 0 Å². The van der Waals surface area contributed by atoms with Gasteiger partial charge in [-0.05, 0) is 65.6 Å². The van der Waals surface area contributed by atoms with E-state index >= 15 is 0 Å². The van der Waals surface area contributed by atoms with Crippen LogP contribution in [0.2, 0.25) is 0 Å². The van der Waals surface area contributed by atoms with Crippen molar-refractivity contribution < 1.29 is 23.7 Å². The maximum Gasteiger partial charge on any atom is 0.185 e. The van der Waals surface area contributed by atoms with Crippen LogP contribution in [0.3, 0.4) is 0 Å². The fourth-order valence-electron chi connectivity index (χ4n) is 3.37. The number of carbonyl (C=O) groups excluding carboxylic acids is 1. The number of hydrogen-bond donors (Lipinski definition) is 0. The van der Waals surface area contributed by atoms with Crippen LogP contribution in [0.4, 0.5) is 0 Å². The highest BCUT2D eigenvalue weighted by atomic mass is 16.5. The van der Waals surface area contributed by atoms with Gasteiger partial charge in [0.15, 0.2) is 17.3 Å². The minimum Gasteiger partial charge on any atom is -0.497 e. The van der Waals surface area contributed by atoms with Crippen LogP contribution < -0.4 is 18.9 Å². The van der Waals surface area contributed by atoms with Crippen molar-refractivity contribution in [2.75, 3.05) is 14.2 Å². The Morgan fingerprint density at radius 2 is 1.26 bits per heavy atom. The maximum atomic E-state index is 12.3. The molecule has 0 saturated carbocycles. The van der Waals surface area contributed by atoms with Crippen molar-refractivity contribution in [2.24, 2.45) is 0 Å². The molecule has 0 amide bonds. The minimum absolute atomic E-state index is 0.0164. The molecule has 31 heavy (non-hydrogen) atoms. The molecule has 5 nitrogen and oxygen atoms in total. The second-order valence-corrected chi connectivity index (χ2v) is 7.20. The standard InChI is InChI=1S/C26H24O5/c1-28-21-10-6-18(7-11-21)16-30-25-14-20-4-3-5-24(27)23(20)15-26(25)31-17-19-8-12-22(29-2)13-9-19/h3,5-15H,4,16-17H2,1-2H3. The van der Waals surface area contributed by atoms with E-state index in [4.69, 9.17) is 18.9 Å². The summed E-state index contributed by atoms with van der Waals surface area (Å²) in [5.74, 6) is 2.74. The normalized spacial score (nSPS) is 12.3. The molecule has 158 valence electrons. The van der Waals surface area contributed by atoms with E-state index in [-0.39, 0.29) is 5.78 Å². The van der Waals surface area contributed by atoms with Crippen molar-refractivity contribution in [1.29, 1.82) is 0 Å². The Hall–Kier alpha value is -3.73. The molecule has 0 spiro atoms. The highest BCUT2D eigenvalue weighted by molar-refractivity contribution is 6.07. The number of ketones is 1. The third kappa shape index (κ3) is 4.89. The number of fused-ring (bicyclic) bond motifs is 1. The molecule has 0 atom stereocenters. The van der Waals surface area contributed by atoms with Gasteiger partial charge in [0.1, 0.15) is 24.7 Å². The minimum atomic E-state index is -0.0164. The lowest BCUT2D eigenvalue weighted by molar-refractivity contribution is 0.104. The van der Waals surface area contributed by atoms with E-state index in [1.54, 1.807) is 26.4 Å². The molecule has 0 aromatic heterocycles. The first kappa shape index (κ1) is 20.5. The van der Waals surface area contributed by atoms with Crippen LogP contribution >= 0.6 is 0 Å².